The Balaban J connectivity index is 1.92. The standard InChI is InChI=1S/C22H16/c1-2-16-6-5-9-17(12-16)20-10-11-21-13-18-7-3-4-8-19(18)14-22(21)15-20/h2-15H,1H2. The molecule has 0 fully saturated rings. The highest BCUT2D eigenvalue weighted by Gasteiger charge is 2.02. The molecule has 0 N–H and O–H groups in total. The van der Waals surface area contributed by atoms with E-state index in [4.69, 9.17) is 0 Å². The fraction of sp³-hybridized carbons (Fsp3) is 0. The first kappa shape index (κ1) is 12.8. The zero-order chi connectivity index (χ0) is 14.9. The molecule has 0 radical (unpaired) electrons. The van der Waals surface area contributed by atoms with Crippen molar-refractivity contribution in [3.63, 3.8) is 0 Å². The van der Waals surface area contributed by atoms with Crippen molar-refractivity contribution in [2.45, 2.75) is 0 Å². The predicted octanol–water partition coefficient (Wildman–Crippen LogP) is 6.30. The van der Waals surface area contributed by atoms with E-state index < -0.39 is 0 Å². The largest absolute Gasteiger partial charge is 0.0985 e. The van der Waals surface area contributed by atoms with Crippen LogP contribution in [-0.4, -0.2) is 0 Å². The third kappa shape index (κ3) is 2.19. The van der Waals surface area contributed by atoms with Crippen LogP contribution in [0.15, 0.2) is 85.4 Å². The molecule has 0 unspecified atom stereocenters. The van der Waals surface area contributed by atoms with Crippen LogP contribution in [0.25, 0.3) is 38.7 Å². The van der Waals surface area contributed by atoms with Crippen molar-refractivity contribution in [3.05, 3.63) is 91.0 Å². The van der Waals surface area contributed by atoms with Crippen LogP contribution in [0.5, 0.6) is 0 Å². The summed E-state index contributed by atoms with van der Waals surface area (Å²) in [7, 11) is 0. The molecular formula is C22H16. The predicted molar refractivity (Wildman–Crippen MR) is 97.0 cm³/mol. The minimum atomic E-state index is 1.15. The van der Waals surface area contributed by atoms with Gasteiger partial charge in [-0.2, -0.15) is 0 Å². The van der Waals surface area contributed by atoms with Crippen molar-refractivity contribution in [1.82, 2.24) is 0 Å². The Labute approximate surface area is 130 Å². The number of rotatable bonds is 2. The Bertz CT molecular complexity index is 993. The van der Waals surface area contributed by atoms with E-state index in [0.717, 1.165) is 5.56 Å². The molecule has 0 aromatic heterocycles. The second-order valence-electron chi connectivity index (χ2n) is 5.59. The fourth-order valence-corrected chi connectivity index (χ4v) is 2.96. The van der Waals surface area contributed by atoms with Gasteiger partial charge in [-0.1, -0.05) is 67.3 Å². The van der Waals surface area contributed by atoms with Crippen LogP contribution in [0.1, 0.15) is 5.56 Å². The van der Waals surface area contributed by atoms with Gasteiger partial charge in [-0.3, -0.25) is 0 Å². The minimum Gasteiger partial charge on any atom is -0.0985 e. The molecule has 0 saturated heterocycles. The highest BCUT2D eigenvalue weighted by atomic mass is 14.1. The summed E-state index contributed by atoms with van der Waals surface area (Å²) < 4.78 is 0. The van der Waals surface area contributed by atoms with E-state index in [2.05, 4.69) is 85.4 Å². The lowest BCUT2D eigenvalue weighted by Gasteiger charge is -2.07. The molecular weight excluding hydrogens is 264 g/mol. The first-order valence-electron chi connectivity index (χ1n) is 7.49. The second-order valence-corrected chi connectivity index (χ2v) is 5.59. The van der Waals surface area contributed by atoms with E-state index in [1.54, 1.807) is 0 Å². The first-order valence-corrected chi connectivity index (χ1v) is 7.49. The van der Waals surface area contributed by atoms with Crippen LogP contribution in [0.3, 0.4) is 0 Å². The molecule has 0 amide bonds. The summed E-state index contributed by atoms with van der Waals surface area (Å²) in [5.74, 6) is 0. The van der Waals surface area contributed by atoms with E-state index in [-0.39, 0.29) is 0 Å². The van der Waals surface area contributed by atoms with Gasteiger partial charge < -0.3 is 0 Å². The highest BCUT2D eigenvalue weighted by Crippen LogP contribution is 2.28. The molecule has 4 aromatic rings. The minimum absolute atomic E-state index is 1.15. The Morgan fingerprint density at radius 1 is 0.545 bits per heavy atom. The van der Waals surface area contributed by atoms with Gasteiger partial charge in [-0.05, 0) is 62.5 Å². The summed E-state index contributed by atoms with van der Waals surface area (Å²) in [6.45, 7) is 3.85. The molecule has 0 saturated carbocycles. The van der Waals surface area contributed by atoms with Crippen molar-refractivity contribution >= 4 is 27.6 Å². The molecule has 0 atom stereocenters. The Morgan fingerprint density at radius 3 is 2.00 bits per heavy atom. The summed E-state index contributed by atoms with van der Waals surface area (Å²) >= 11 is 0. The highest BCUT2D eigenvalue weighted by molar-refractivity contribution is 5.99. The molecule has 0 heteroatoms. The zero-order valence-electron chi connectivity index (χ0n) is 12.3. The van der Waals surface area contributed by atoms with E-state index in [0.29, 0.717) is 0 Å². The molecule has 22 heavy (non-hydrogen) atoms. The molecule has 0 nitrogen and oxygen atoms in total. The summed E-state index contributed by atoms with van der Waals surface area (Å²) in [4.78, 5) is 0. The van der Waals surface area contributed by atoms with Gasteiger partial charge in [0.25, 0.3) is 0 Å². The van der Waals surface area contributed by atoms with Crippen LogP contribution in [-0.2, 0) is 0 Å². The summed E-state index contributed by atoms with van der Waals surface area (Å²) in [6.07, 6.45) is 1.89. The van der Waals surface area contributed by atoms with E-state index in [1.165, 1.54) is 32.7 Å². The zero-order valence-corrected chi connectivity index (χ0v) is 12.3. The van der Waals surface area contributed by atoms with Gasteiger partial charge in [-0.15, -0.1) is 0 Å². The monoisotopic (exact) mass is 280 g/mol. The van der Waals surface area contributed by atoms with E-state index in [1.807, 2.05) is 6.08 Å². The van der Waals surface area contributed by atoms with Crippen molar-refractivity contribution in [3.8, 4) is 11.1 Å². The van der Waals surface area contributed by atoms with Crippen LogP contribution in [0.4, 0.5) is 0 Å². The van der Waals surface area contributed by atoms with Crippen LogP contribution in [0, 0.1) is 0 Å². The van der Waals surface area contributed by atoms with Gasteiger partial charge >= 0.3 is 0 Å². The van der Waals surface area contributed by atoms with Crippen molar-refractivity contribution < 1.29 is 0 Å². The second kappa shape index (κ2) is 5.16. The quantitative estimate of drug-likeness (QED) is 0.378. The average Bonchev–Trinajstić information content (AvgIpc) is 2.59. The SMILES string of the molecule is C=Cc1cccc(-c2ccc3cc4ccccc4cc3c2)c1. The van der Waals surface area contributed by atoms with Crippen LogP contribution in [0.2, 0.25) is 0 Å². The Kier molecular flexibility index (Phi) is 3.01. The number of benzene rings is 4. The summed E-state index contributed by atoms with van der Waals surface area (Å²) in [5, 5.41) is 5.13. The number of fused-ring (bicyclic) bond motifs is 2. The van der Waals surface area contributed by atoms with Crippen molar-refractivity contribution in [1.29, 1.82) is 0 Å². The average molecular weight is 280 g/mol. The Morgan fingerprint density at radius 2 is 1.23 bits per heavy atom. The normalized spacial score (nSPS) is 10.9. The van der Waals surface area contributed by atoms with Gasteiger partial charge in [0.05, 0.1) is 0 Å². The molecule has 0 aliphatic rings. The molecule has 104 valence electrons. The van der Waals surface area contributed by atoms with Gasteiger partial charge in [0.1, 0.15) is 0 Å². The maximum atomic E-state index is 3.85. The van der Waals surface area contributed by atoms with Gasteiger partial charge in [0, 0.05) is 0 Å². The molecule has 4 aromatic carbocycles. The summed E-state index contributed by atoms with van der Waals surface area (Å²) in [6, 6.07) is 28.2. The lowest BCUT2D eigenvalue weighted by Crippen LogP contribution is -1.81. The summed E-state index contributed by atoms with van der Waals surface area (Å²) in [5.41, 5.74) is 3.62. The number of hydrogen-bond acceptors (Lipinski definition) is 0. The maximum Gasteiger partial charge on any atom is -0.0171 e. The topological polar surface area (TPSA) is 0 Å². The first-order chi connectivity index (χ1) is 10.8. The van der Waals surface area contributed by atoms with E-state index >= 15 is 0 Å². The molecule has 0 aliphatic carbocycles. The molecule has 0 spiro atoms. The molecule has 4 rings (SSSR count). The van der Waals surface area contributed by atoms with Crippen LogP contribution < -0.4 is 0 Å². The lowest BCUT2D eigenvalue weighted by molar-refractivity contribution is 1.62. The molecule has 0 heterocycles. The smallest absolute Gasteiger partial charge is 0.0171 e. The third-order valence-corrected chi connectivity index (χ3v) is 4.16. The van der Waals surface area contributed by atoms with Gasteiger partial charge in [0.15, 0.2) is 0 Å². The molecule has 0 aliphatic heterocycles. The van der Waals surface area contributed by atoms with Gasteiger partial charge in [-0.25, -0.2) is 0 Å². The van der Waals surface area contributed by atoms with E-state index in [9.17, 15) is 0 Å². The van der Waals surface area contributed by atoms with Crippen molar-refractivity contribution in [2.75, 3.05) is 0 Å². The van der Waals surface area contributed by atoms with Gasteiger partial charge in [0.2, 0.25) is 0 Å². The van der Waals surface area contributed by atoms with Crippen molar-refractivity contribution in [2.24, 2.45) is 0 Å². The molecule has 0 bridgehead atoms. The third-order valence-electron chi connectivity index (χ3n) is 4.16. The number of hydrogen-bond donors (Lipinski definition) is 0. The van der Waals surface area contributed by atoms with Crippen LogP contribution >= 0.6 is 0 Å². The fourth-order valence-electron chi connectivity index (χ4n) is 2.96. The maximum absolute atomic E-state index is 3.85. The Hall–Kier alpha value is -2.86. The lowest BCUT2D eigenvalue weighted by atomic mass is 9.98.